The molecule has 1 aliphatic rings. The minimum absolute atomic E-state index is 0.115. The second-order valence-electron chi connectivity index (χ2n) is 6.76. The molecule has 140 valence electrons. The quantitative estimate of drug-likeness (QED) is 0.501. The number of Topliss-reactive ketones (excluding diaryl/α,β-unsaturated/α-hetero) is 1. The van der Waals surface area contributed by atoms with E-state index in [0.29, 0.717) is 12.2 Å². The number of hydrogen-bond acceptors (Lipinski definition) is 4. The summed E-state index contributed by atoms with van der Waals surface area (Å²) in [5.41, 5.74) is 3.53. The summed E-state index contributed by atoms with van der Waals surface area (Å²) in [6, 6.07) is 14.2. The van der Waals surface area contributed by atoms with Gasteiger partial charge in [-0.05, 0) is 19.4 Å². The highest BCUT2D eigenvalue weighted by molar-refractivity contribution is 6.46. The first kappa shape index (κ1) is 18.9. The van der Waals surface area contributed by atoms with Gasteiger partial charge >= 0.3 is 0 Å². The Labute approximate surface area is 158 Å². The van der Waals surface area contributed by atoms with Crippen LogP contribution in [0, 0.1) is 13.8 Å². The number of amides is 1. The number of rotatable bonds is 5. The SMILES string of the molecule is COCCN1C(=O)C(=O)C(=C(O)c2ccc(C)cc2)[C@H]1c1ccc(C)cc1. The normalized spacial score (nSPS) is 18.9. The Morgan fingerprint density at radius 3 is 2.11 bits per heavy atom. The molecule has 0 spiro atoms. The van der Waals surface area contributed by atoms with Crippen molar-refractivity contribution < 1.29 is 19.4 Å². The van der Waals surface area contributed by atoms with Crippen LogP contribution in [0.4, 0.5) is 0 Å². The van der Waals surface area contributed by atoms with Crippen molar-refractivity contribution in [3.05, 3.63) is 76.4 Å². The molecule has 27 heavy (non-hydrogen) atoms. The van der Waals surface area contributed by atoms with Crippen LogP contribution >= 0.6 is 0 Å². The Hall–Kier alpha value is -2.92. The van der Waals surface area contributed by atoms with Gasteiger partial charge in [-0.3, -0.25) is 9.59 Å². The summed E-state index contributed by atoms with van der Waals surface area (Å²) in [4.78, 5) is 26.9. The molecule has 0 saturated carbocycles. The molecule has 2 aromatic rings. The number of ketones is 1. The molecule has 1 fully saturated rings. The molecular formula is C22H23NO4. The van der Waals surface area contributed by atoms with E-state index in [1.54, 1.807) is 19.2 Å². The summed E-state index contributed by atoms with van der Waals surface area (Å²) < 4.78 is 5.10. The van der Waals surface area contributed by atoms with Gasteiger partial charge in [0.05, 0.1) is 18.2 Å². The van der Waals surface area contributed by atoms with Gasteiger partial charge in [0, 0.05) is 19.2 Å². The second kappa shape index (κ2) is 7.76. The van der Waals surface area contributed by atoms with Crippen molar-refractivity contribution in [1.82, 2.24) is 4.90 Å². The van der Waals surface area contributed by atoms with Crippen molar-refractivity contribution in [3.63, 3.8) is 0 Å². The van der Waals surface area contributed by atoms with Crippen LogP contribution < -0.4 is 0 Å². The maximum Gasteiger partial charge on any atom is 0.295 e. The van der Waals surface area contributed by atoms with Gasteiger partial charge in [-0.2, -0.15) is 0 Å². The summed E-state index contributed by atoms with van der Waals surface area (Å²) in [5, 5.41) is 10.9. The molecule has 0 aromatic heterocycles. The zero-order valence-corrected chi connectivity index (χ0v) is 15.7. The van der Waals surface area contributed by atoms with Crippen LogP contribution in [0.3, 0.4) is 0 Å². The van der Waals surface area contributed by atoms with Crippen molar-refractivity contribution >= 4 is 17.4 Å². The Bertz CT molecular complexity index is 882. The molecule has 1 saturated heterocycles. The Kier molecular flexibility index (Phi) is 5.42. The number of hydrogen-bond donors (Lipinski definition) is 1. The van der Waals surface area contributed by atoms with Crippen molar-refractivity contribution in [2.24, 2.45) is 0 Å². The van der Waals surface area contributed by atoms with Gasteiger partial charge in [-0.15, -0.1) is 0 Å². The van der Waals surface area contributed by atoms with E-state index in [-0.39, 0.29) is 17.9 Å². The van der Waals surface area contributed by atoms with Crippen LogP contribution in [0.5, 0.6) is 0 Å². The molecule has 0 aliphatic carbocycles. The highest BCUT2D eigenvalue weighted by Gasteiger charge is 2.45. The molecule has 1 amide bonds. The number of carbonyl (C=O) groups excluding carboxylic acids is 2. The molecule has 2 aromatic carbocycles. The van der Waals surface area contributed by atoms with Crippen molar-refractivity contribution in [1.29, 1.82) is 0 Å². The average molecular weight is 365 g/mol. The average Bonchev–Trinajstić information content (AvgIpc) is 2.91. The summed E-state index contributed by atoms with van der Waals surface area (Å²) >= 11 is 0. The molecule has 5 heteroatoms. The lowest BCUT2D eigenvalue weighted by atomic mass is 9.94. The van der Waals surface area contributed by atoms with E-state index < -0.39 is 17.7 Å². The largest absolute Gasteiger partial charge is 0.507 e. The maximum atomic E-state index is 12.8. The summed E-state index contributed by atoms with van der Waals surface area (Å²) in [6.07, 6.45) is 0. The molecule has 1 N–H and O–H groups in total. The number of aliphatic hydroxyl groups excluding tert-OH is 1. The first-order chi connectivity index (χ1) is 12.9. The summed E-state index contributed by atoms with van der Waals surface area (Å²) in [6.45, 7) is 4.49. The number of nitrogens with zero attached hydrogens (tertiary/aromatic N) is 1. The highest BCUT2D eigenvalue weighted by atomic mass is 16.5. The predicted molar refractivity (Wildman–Crippen MR) is 103 cm³/mol. The number of carbonyl (C=O) groups is 2. The van der Waals surface area contributed by atoms with Crippen LogP contribution in [-0.4, -0.2) is 42.0 Å². The molecule has 0 unspecified atom stereocenters. The smallest absolute Gasteiger partial charge is 0.295 e. The summed E-state index contributed by atoms with van der Waals surface area (Å²) in [5.74, 6) is -1.44. The van der Waals surface area contributed by atoms with Gasteiger partial charge < -0.3 is 14.7 Å². The zero-order valence-electron chi connectivity index (χ0n) is 15.7. The van der Waals surface area contributed by atoms with Gasteiger partial charge in [0.25, 0.3) is 11.7 Å². The van der Waals surface area contributed by atoms with Crippen molar-refractivity contribution in [2.45, 2.75) is 19.9 Å². The van der Waals surface area contributed by atoms with Gasteiger partial charge in [0.1, 0.15) is 5.76 Å². The van der Waals surface area contributed by atoms with Gasteiger partial charge in [-0.25, -0.2) is 0 Å². The van der Waals surface area contributed by atoms with E-state index in [4.69, 9.17) is 4.74 Å². The topological polar surface area (TPSA) is 66.8 Å². The number of benzene rings is 2. The molecule has 1 aliphatic heterocycles. The number of aliphatic hydroxyl groups is 1. The van der Waals surface area contributed by atoms with E-state index >= 15 is 0 Å². The number of methoxy groups -OCH3 is 1. The van der Waals surface area contributed by atoms with Gasteiger partial charge in [0.15, 0.2) is 0 Å². The molecule has 3 rings (SSSR count). The van der Waals surface area contributed by atoms with E-state index in [2.05, 4.69) is 0 Å². The first-order valence-corrected chi connectivity index (χ1v) is 8.85. The van der Waals surface area contributed by atoms with E-state index in [1.807, 2.05) is 50.2 Å². The zero-order chi connectivity index (χ0) is 19.6. The molecule has 5 nitrogen and oxygen atoms in total. The lowest BCUT2D eigenvalue weighted by molar-refractivity contribution is -0.140. The van der Waals surface area contributed by atoms with Crippen LogP contribution in [0.15, 0.2) is 54.1 Å². The lowest BCUT2D eigenvalue weighted by Crippen LogP contribution is -2.32. The van der Waals surface area contributed by atoms with Crippen molar-refractivity contribution in [3.8, 4) is 0 Å². The van der Waals surface area contributed by atoms with Crippen LogP contribution in [0.25, 0.3) is 5.76 Å². The maximum absolute atomic E-state index is 12.8. The van der Waals surface area contributed by atoms with E-state index in [1.165, 1.54) is 4.90 Å². The number of ether oxygens (including phenoxy) is 1. The van der Waals surface area contributed by atoms with E-state index in [0.717, 1.165) is 16.7 Å². The Morgan fingerprint density at radius 2 is 1.56 bits per heavy atom. The molecule has 1 atom stereocenters. The third-order valence-corrected chi connectivity index (χ3v) is 4.79. The predicted octanol–water partition coefficient (Wildman–Crippen LogP) is 3.37. The molecular weight excluding hydrogens is 342 g/mol. The van der Waals surface area contributed by atoms with Gasteiger partial charge in [0.2, 0.25) is 0 Å². The fourth-order valence-electron chi connectivity index (χ4n) is 3.26. The number of aryl methyl sites for hydroxylation is 2. The molecule has 0 radical (unpaired) electrons. The molecule has 1 heterocycles. The standard InChI is InChI=1S/C22H23NO4/c1-14-4-8-16(9-5-14)19-18(20(24)17-10-6-15(2)7-11-17)21(25)22(26)23(19)12-13-27-3/h4-11,19,24H,12-13H2,1-3H3/t19-/m1/s1. The molecule has 0 bridgehead atoms. The van der Waals surface area contributed by atoms with Crippen LogP contribution in [0.1, 0.15) is 28.3 Å². The number of likely N-dealkylation sites (tertiary alicyclic amines) is 1. The fraction of sp³-hybridized carbons (Fsp3) is 0.273. The Morgan fingerprint density at radius 1 is 1.00 bits per heavy atom. The Balaban J connectivity index is 2.14. The summed E-state index contributed by atoms with van der Waals surface area (Å²) in [7, 11) is 1.55. The minimum atomic E-state index is -0.672. The van der Waals surface area contributed by atoms with E-state index in [9.17, 15) is 14.7 Å². The van der Waals surface area contributed by atoms with Crippen molar-refractivity contribution in [2.75, 3.05) is 20.3 Å². The minimum Gasteiger partial charge on any atom is -0.507 e. The van der Waals surface area contributed by atoms with Crippen LogP contribution in [-0.2, 0) is 14.3 Å². The fourth-order valence-corrected chi connectivity index (χ4v) is 3.26. The van der Waals surface area contributed by atoms with Gasteiger partial charge in [-0.1, -0.05) is 59.7 Å². The third kappa shape index (κ3) is 3.64. The third-order valence-electron chi connectivity index (χ3n) is 4.79. The lowest BCUT2D eigenvalue weighted by Gasteiger charge is -2.25. The van der Waals surface area contributed by atoms with Crippen LogP contribution in [0.2, 0.25) is 0 Å². The second-order valence-corrected chi connectivity index (χ2v) is 6.76. The monoisotopic (exact) mass is 365 g/mol. The highest BCUT2D eigenvalue weighted by Crippen LogP contribution is 2.39. The first-order valence-electron chi connectivity index (χ1n) is 8.85.